The molecule has 0 aliphatic carbocycles. The lowest BCUT2D eigenvalue weighted by molar-refractivity contribution is 0.669. The molecular formula is C52H33NOS. The molecular weight excluding hydrogens is 687 g/mol. The van der Waals surface area contributed by atoms with Gasteiger partial charge in [-0.05, 0) is 93.2 Å². The van der Waals surface area contributed by atoms with Crippen molar-refractivity contribution in [3.05, 3.63) is 200 Å². The zero-order chi connectivity index (χ0) is 36.3. The van der Waals surface area contributed by atoms with E-state index in [2.05, 4.69) is 193 Å². The number of benzene rings is 9. The van der Waals surface area contributed by atoms with E-state index in [1.54, 1.807) is 0 Å². The quantitative estimate of drug-likeness (QED) is 0.170. The van der Waals surface area contributed by atoms with Crippen molar-refractivity contribution in [3.63, 3.8) is 0 Å². The highest BCUT2D eigenvalue weighted by Crippen LogP contribution is 2.46. The number of thiophene rings is 1. The minimum atomic E-state index is 0.894. The topological polar surface area (TPSA) is 16.4 Å². The lowest BCUT2D eigenvalue weighted by atomic mass is 9.96. The summed E-state index contributed by atoms with van der Waals surface area (Å²) in [5.41, 5.74) is 12.2. The van der Waals surface area contributed by atoms with Crippen molar-refractivity contribution in [2.24, 2.45) is 0 Å². The largest absolute Gasteiger partial charge is 0.456 e. The smallest absolute Gasteiger partial charge is 0.135 e. The molecule has 0 atom stereocenters. The zero-order valence-electron chi connectivity index (χ0n) is 29.8. The first-order valence-electron chi connectivity index (χ1n) is 18.7. The van der Waals surface area contributed by atoms with E-state index in [1.807, 2.05) is 23.5 Å². The van der Waals surface area contributed by atoms with E-state index in [0.717, 1.165) is 50.1 Å². The van der Waals surface area contributed by atoms with Gasteiger partial charge >= 0.3 is 0 Å². The third-order valence-corrected chi connectivity index (χ3v) is 12.1. The van der Waals surface area contributed by atoms with Crippen molar-refractivity contribution in [2.75, 3.05) is 4.90 Å². The van der Waals surface area contributed by atoms with Crippen LogP contribution in [0.2, 0.25) is 0 Å². The van der Waals surface area contributed by atoms with E-state index >= 15 is 0 Å². The lowest BCUT2D eigenvalue weighted by Gasteiger charge is -2.29. The monoisotopic (exact) mass is 719 g/mol. The average molecular weight is 720 g/mol. The maximum atomic E-state index is 6.24. The van der Waals surface area contributed by atoms with Crippen LogP contribution in [0, 0.1) is 0 Å². The molecule has 3 heteroatoms. The van der Waals surface area contributed by atoms with Crippen molar-refractivity contribution in [1.29, 1.82) is 0 Å². The molecule has 0 aliphatic heterocycles. The molecule has 9 aromatic carbocycles. The van der Waals surface area contributed by atoms with Gasteiger partial charge in [-0.15, -0.1) is 11.3 Å². The number of para-hydroxylation sites is 2. The number of rotatable bonds is 6. The number of fused-ring (bicyclic) bond motifs is 7. The molecule has 0 unspecified atom stereocenters. The molecule has 2 nitrogen and oxygen atoms in total. The van der Waals surface area contributed by atoms with Crippen LogP contribution in [0.15, 0.2) is 205 Å². The Bertz CT molecular complexity index is 3240. The highest BCUT2D eigenvalue weighted by Gasteiger charge is 2.20. The second-order valence-corrected chi connectivity index (χ2v) is 15.1. The van der Waals surface area contributed by atoms with Crippen LogP contribution in [0.5, 0.6) is 0 Å². The molecule has 0 bridgehead atoms. The van der Waals surface area contributed by atoms with E-state index < -0.39 is 0 Å². The first kappa shape index (κ1) is 31.6. The van der Waals surface area contributed by atoms with Crippen LogP contribution in [0.3, 0.4) is 0 Å². The first-order chi connectivity index (χ1) is 27.3. The molecule has 0 saturated carbocycles. The molecule has 2 heterocycles. The van der Waals surface area contributed by atoms with Gasteiger partial charge in [-0.1, -0.05) is 146 Å². The summed E-state index contributed by atoms with van der Waals surface area (Å²) in [6.07, 6.45) is 0. The molecule has 2 aromatic heterocycles. The molecule has 55 heavy (non-hydrogen) atoms. The van der Waals surface area contributed by atoms with Crippen molar-refractivity contribution in [2.45, 2.75) is 0 Å². The number of anilines is 3. The minimum absolute atomic E-state index is 0.894. The highest BCUT2D eigenvalue weighted by molar-refractivity contribution is 7.26. The van der Waals surface area contributed by atoms with Crippen molar-refractivity contribution < 1.29 is 4.42 Å². The molecule has 0 saturated heterocycles. The Hall–Kier alpha value is -6.94. The second-order valence-electron chi connectivity index (χ2n) is 14.1. The molecule has 0 aliphatic rings. The van der Waals surface area contributed by atoms with Crippen LogP contribution in [-0.2, 0) is 0 Å². The van der Waals surface area contributed by atoms with Gasteiger partial charge in [0.1, 0.15) is 11.2 Å². The first-order valence-corrected chi connectivity index (χ1v) is 19.5. The molecule has 0 radical (unpaired) electrons. The average Bonchev–Trinajstić information content (AvgIpc) is 3.82. The van der Waals surface area contributed by atoms with Gasteiger partial charge in [0, 0.05) is 47.9 Å². The molecule has 258 valence electrons. The van der Waals surface area contributed by atoms with E-state index in [1.165, 1.54) is 53.2 Å². The summed E-state index contributed by atoms with van der Waals surface area (Å²) < 4.78 is 8.86. The maximum Gasteiger partial charge on any atom is 0.135 e. The predicted molar refractivity (Wildman–Crippen MR) is 235 cm³/mol. The van der Waals surface area contributed by atoms with Gasteiger partial charge in [0.05, 0.1) is 5.69 Å². The third kappa shape index (κ3) is 5.32. The summed E-state index contributed by atoms with van der Waals surface area (Å²) in [5.74, 6) is 0. The van der Waals surface area contributed by atoms with Gasteiger partial charge in [0.15, 0.2) is 0 Å². The van der Waals surface area contributed by atoms with Gasteiger partial charge in [-0.2, -0.15) is 0 Å². The highest BCUT2D eigenvalue weighted by atomic mass is 32.1. The predicted octanol–water partition coefficient (Wildman–Crippen LogP) is 15.6. The molecule has 0 spiro atoms. The van der Waals surface area contributed by atoms with Crippen LogP contribution in [0.25, 0.3) is 86.3 Å². The second kappa shape index (κ2) is 12.9. The molecule has 11 rings (SSSR count). The fourth-order valence-corrected chi connectivity index (χ4v) is 9.55. The number of hydrogen-bond donors (Lipinski definition) is 0. The fourth-order valence-electron chi connectivity index (χ4n) is 8.31. The lowest BCUT2D eigenvalue weighted by Crippen LogP contribution is -2.11. The van der Waals surface area contributed by atoms with Gasteiger partial charge in [0.2, 0.25) is 0 Å². The minimum Gasteiger partial charge on any atom is -0.456 e. The Kier molecular flexibility index (Phi) is 7.39. The summed E-state index contributed by atoms with van der Waals surface area (Å²) >= 11 is 1.87. The Morgan fingerprint density at radius 1 is 0.364 bits per heavy atom. The zero-order valence-corrected chi connectivity index (χ0v) is 30.6. The van der Waals surface area contributed by atoms with E-state index in [9.17, 15) is 0 Å². The van der Waals surface area contributed by atoms with E-state index in [-0.39, 0.29) is 0 Å². The number of nitrogens with zero attached hydrogens (tertiary/aromatic N) is 1. The van der Waals surface area contributed by atoms with Crippen LogP contribution >= 0.6 is 11.3 Å². The summed E-state index contributed by atoms with van der Waals surface area (Å²) in [4.78, 5) is 2.43. The molecule has 11 aromatic rings. The van der Waals surface area contributed by atoms with Crippen molar-refractivity contribution in [3.8, 4) is 33.4 Å². The van der Waals surface area contributed by atoms with Gasteiger partial charge in [-0.25, -0.2) is 0 Å². The maximum absolute atomic E-state index is 6.24. The van der Waals surface area contributed by atoms with E-state index in [0.29, 0.717) is 0 Å². The fraction of sp³-hybridized carbons (Fsp3) is 0. The number of furan rings is 1. The molecule has 0 amide bonds. The Morgan fingerprint density at radius 3 is 1.82 bits per heavy atom. The molecule has 0 fully saturated rings. The number of hydrogen-bond acceptors (Lipinski definition) is 3. The Labute approximate surface area is 322 Å². The third-order valence-electron chi connectivity index (χ3n) is 10.9. The van der Waals surface area contributed by atoms with Crippen molar-refractivity contribution in [1.82, 2.24) is 0 Å². The van der Waals surface area contributed by atoms with Crippen LogP contribution in [-0.4, -0.2) is 0 Å². The van der Waals surface area contributed by atoms with Crippen molar-refractivity contribution >= 4 is 81.3 Å². The summed E-state index contributed by atoms with van der Waals surface area (Å²) in [5, 5.41) is 7.33. The summed E-state index contributed by atoms with van der Waals surface area (Å²) in [6, 6.07) is 72.3. The Balaban J connectivity index is 1.13. The standard InChI is InChI=1S/C52H33NOS/c1-2-19-40-34(13-1)14-11-23-41(40)35-15-9-17-38(31-35)53(39-18-10-16-36(32-39)43-24-12-25-46-45-22-5-8-28-51(45)55-52(43)46)48-26-6-3-20-42(48)37-29-30-50-47(33-37)44-21-4-7-27-49(44)54-50/h1-33H. The van der Waals surface area contributed by atoms with Crippen LogP contribution in [0.1, 0.15) is 0 Å². The van der Waals surface area contributed by atoms with Gasteiger partial charge in [-0.3, -0.25) is 0 Å². The van der Waals surface area contributed by atoms with E-state index in [4.69, 9.17) is 4.42 Å². The van der Waals surface area contributed by atoms with Gasteiger partial charge < -0.3 is 9.32 Å². The van der Waals surface area contributed by atoms with Crippen LogP contribution in [0.4, 0.5) is 17.1 Å². The molecule has 0 N–H and O–H groups in total. The summed E-state index contributed by atoms with van der Waals surface area (Å²) in [6.45, 7) is 0. The van der Waals surface area contributed by atoms with Crippen LogP contribution < -0.4 is 4.90 Å². The Morgan fingerprint density at radius 2 is 0.945 bits per heavy atom. The normalized spacial score (nSPS) is 11.6. The van der Waals surface area contributed by atoms with Gasteiger partial charge in [0.25, 0.3) is 0 Å². The summed E-state index contributed by atoms with van der Waals surface area (Å²) in [7, 11) is 0. The SMILES string of the molecule is c1cc(-c2cccc3ccccc23)cc(N(c2cccc(-c3cccc4c3sc3ccccc34)c2)c2ccccc2-c2ccc3oc4ccccc4c3c2)c1.